The highest BCUT2D eigenvalue weighted by Gasteiger charge is 2.20. The Balaban J connectivity index is 1.08. The Morgan fingerprint density at radius 3 is 1.23 bits per heavy atom. The lowest BCUT2D eigenvalue weighted by molar-refractivity contribution is 0.669. The summed E-state index contributed by atoms with van der Waals surface area (Å²) in [6.07, 6.45) is 0. The maximum absolute atomic E-state index is 6.61. The zero-order valence-electron chi connectivity index (χ0n) is 31.2. The molecule has 0 aliphatic rings. The fraction of sp³-hybridized carbons (Fsp3) is 0. The zero-order chi connectivity index (χ0) is 37.7. The number of fused-ring (bicyclic) bond motifs is 5. The van der Waals surface area contributed by atoms with Crippen molar-refractivity contribution >= 4 is 43.5 Å². The molecule has 1 aromatic heterocycles. The van der Waals surface area contributed by atoms with Crippen molar-refractivity contribution in [3.63, 3.8) is 0 Å². The first-order valence-corrected chi connectivity index (χ1v) is 19.6. The molecule has 0 spiro atoms. The number of hydrogen-bond acceptors (Lipinski definition) is 1. The first kappa shape index (κ1) is 32.9. The molecular weight excluding hydrogens is 689 g/mol. The van der Waals surface area contributed by atoms with E-state index in [2.05, 4.69) is 218 Å². The molecule has 0 saturated carbocycles. The van der Waals surface area contributed by atoms with Gasteiger partial charge in [0.1, 0.15) is 11.2 Å². The number of benzene rings is 10. The molecule has 0 unspecified atom stereocenters. The van der Waals surface area contributed by atoms with Gasteiger partial charge >= 0.3 is 0 Å². The van der Waals surface area contributed by atoms with Crippen molar-refractivity contribution in [3.05, 3.63) is 218 Å². The van der Waals surface area contributed by atoms with Crippen LogP contribution in [0.2, 0.25) is 0 Å². The molecule has 57 heavy (non-hydrogen) atoms. The Hall–Kier alpha value is -7.48. The highest BCUT2D eigenvalue weighted by molar-refractivity contribution is 6.22. The van der Waals surface area contributed by atoms with Gasteiger partial charge in [0.2, 0.25) is 0 Å². The Morgan fingerprint density at radius 1 is 0.228 bits per heavy atom. The van der Waals surface area contributed by atoms with E-state index in [1.54, 1.807) is 0 Å². The molecular formula is C56H36O. The summed E-state index contributed by atoms with van der Waals surface area (Å²) >= 11 is 0. The van der Waals surface area contributed by atoms with Crippen LogP contribution in [0.3, 0.4) is 0 Å². The van der Waals surface area contributed by atoms with Gasteiger partial charge in [0.15, 0.2) is 0 Å². The Kier molecular flexibility index (Phi) is 7.89. The van der Waals surface area contributed by atoms with Gasteiger partial charge in [0, 0.05) is 10.8 Å². The van der Waals surface area contributed by atoms with Gasteiger partial charge in [-0.2, -0.15) is 0 Å². The summed E-state index contributed by atoms with van der Waals surface area (Å²) in [5.74, 6) is 0. The summed E-state index contributed by atoms with van der Waals surface area (Å²) in [5, 5.41) is 7.19. The molecule has 0 radical (unpaired) electrons. The van der Waals surface area contributed by atoms with Crippen molar-refractivity contribution < 1.29 is 4.42 Å². The topological polar surface area (TPSA) is 13.1 Å². The van der Waals surface area contributed by atoms with Crippen molar-refractivity contribution in [3.8, 4) is 66.8 Å². The van der Waals surface area contributed by atoms with Crippen LogP contribution >= 0.6 is 0 Å². The van der Waals surface area contributed by atoms with Gasteiger partial charge in [-0.3, -0.25) is 0 Å². The van der Waals surface area contributed by atoms with Gasteiger partial charge in [-0.1, -0.05) is 200 Å². The van der Waals surface area contributed by atoms with E-state index >= 15 is 0 Å². The number of rotatable bonds is 6. The van der Waals surface area contributed by atoms with Crippen LogP contribution in [0.15, 0.2) is 223 Å². The fourth-order valence-corrected chi connectivity index (χ4v) is 8.86. The molecule has 1 nitrogen and oxygen atoms in total. The molecule has 11 aromatic rings. The molecule has 0 bridgehead atoms. The third-order valence-electron chi connectivity index (χ3n) is 11.5. The normalized spacial score (nSPS) is 11.5. The molecule has 11 rings (SSSR count). The summed E-state index contributed by atoms with van der Waals surface area (Å²) in [5.41, 5.74) is 16.2. The van der Waals surface area contributed by atoms with Crippen LogP contribution in [0.5, 0.6) is 0 Å². The number of hydrogen-bond donors (Lipinski definition) is 0. The smallest absolute Gasteiger partial charge is 0.136 e. The van der Waals surface area contributed by atoms with Crippen LogP contribution < -0.4 is 0 Å². The molecule has 0 fully saturated rings. The van der Waals surface area contributed by atoms with E-state index in [9.17, 15) is 0 Å². The molecule has 1 heteroatoms. The van der Waals surface area contributed by atoms with Crippen LogP contribution in [0.1, 0.15) is 0 Å². The van der Waals surface area contributed by atoms with Gasteiger partial charge < -0.3 is 4.42 Å². The van der Waals surface area contributed by atoms with Gasteiger partial charge in [-0.15, -0.1) is 0 Å². The second-order valence-corrected chi connectivity index (χ2v) is 14.8. The summed E-state index contributed by atoms with van der Waals surface area (Å²) in [4.78, 5) is 0. The summed E-state index contributed by atoms with van der Waals surface area (Å²) in [6, 6.07) is 78.8. The molecule has 0 saturated heterocycles. The monoisotopic (exact) mass is 724 g/mol. The summed E-state index contributed by atoms with van der Waals surface area (Å²) < 4.78 is 6.61. The molecule has 0 N–H and O–H groups in total. The van der Waals surface area contributed by atoms with E-state index < -0.39 is 0 Å². The summed E-state index contributed by atoms with van der Waals surface area (Å²) in [7, 11) is 0. The van der Waals surface area contributed by atoms with Crippen LogP contribution in [0.25, 0.3) is 110 Å². The van der Waals surface area contributed by atoms with E-state index in [0.717, 1.165) is 27.5 Å². The quantitative estimate of drug-likeness (QED) is 0.156. The highest BCUT2D eigenvalue weighted by Crippen LogP contribution is 2.46. The van der Waals surface area contributed by atoms with E-state index in [4.69, 9.17) is 4.42 Å². The Morgan fingerprint density at radius 2 is 0.649 bits per heavy atom. The minimum Gasteiger partial charge on any atom is -0.456 e. The molecule has 0 amide bonds. The lowest BCUT2D eigenvalue weighted by Gasteiger charge is -2.18. The van der Waals surface area contributed by atoms with Gasteiger partial charge in [-0.05, 0) is 107 Å². The van der Waals surface area contributed by atoms with E-state index in [0.29, 0.717) is 0 Å². The second kappa shape index (κ2) is 13.7. The number of furan rings is 1. The van der Waals surface area contributed by atoms with Crippen molar-refractivity contribution in [1.29, 1.82) is 0 Å². The second-order valence-electron chi connectivity index (χ2n) is 14.8. The minimum absolute atomic E-state index is 0.884. The standard InChI is InChI=1S/C56H36O/c1-3-14-37(15-4-1)39-26-30-41(31-27-39)44-18-7-8-19-45(44)46-24-13-25-53-56(46)51-36-43(34-35-52(51)57-53)55-49-22-11-9-20-47(49)54(48-21-10-12-23-50(48)55)42-32-28-40(29-33-42)38-16-5-2-6-17-38/h1-36H. The zero-order valence-corrected chi connectivity index (χ0v) is 31.2. The van der Waals surface area contributed by atoms with Crippen LogP contribution in [-0.4, -0.2) is 0 Å². The van der Waals surface area contributed by atoms with Gasteiger partial charge in [-0.25, -0.2) is 0 Å². The Bertz CT molecular complexity index is 3190. The molecule has 1 heterocycles. The van der Waals surface area contributed by atoms with Gasteiger partial charge in [0.05, 0.1) is 0 Å². The van der Waals surface area contributed by atoms with Crippen molar-refractivity contribution in [2.45, 2.75) is 0 Å². The SMILES string of the molecule is c1ccc(-c2ccc(-c3ccccc3-c3cccc4oc5ccc(-c6c7ccccc7c(-c7ccc(-c8ccccc8)cc7)c7ccccc67)cc5c34)cc2)cc1. The van der Waals surface area contributed by atoms with Crippen LogP contribution in [0, 0.1) is 0 Å². The maximum atomic E-state index is 6.61. The van der Waals surface area contributed by atoms with Crippen LogP contribution in [0.4, 0.5) is 0 Å². The minimum atomic E-state index is 0.884. The van der Waals surface area contributed by atoms with E-state index in [1.807, 2.05) is 0 Å². The average molecular weight is 725 g/mol. The highest BCUT2D eigenvalue weighted by atomic mass is 16.3. The van der Waals surface area contributed by atoms with Gasteiger partial charge in [0.25, 0.3) is 0 Å². The first-order valence-electron chi connectivity index (χ1n) is 19.6. The predicted octanol–water partition coefficient (Wildman–Crippen LogP) is 15.9. The first-order chi connectivity index (χ1) is 28.3. The molecule has 0 aliphatic heterocycles. The molecule has 10 aromatic carbocycles. The average Bonchev–Trinajstić information content (AvgIpc) is 3.67. The largest absolute Gasteiger partial charge is 0.456 e. The molecule has 266 valence electrons. The summed E-state index contributed by atoms with van der Waals surface area (Å²) in [6.45, 7) is 0. The maximum Gasteiger partial charge on any atom is 0.136 e. The fourth-order valence-electron chi connectivity index (χ4n) is 8.86. The van der Waals surface area contributed by atoms with Crippen molar-refractivity contribution in [2.24, 2.45) is 0 Å². The van der Waals surface area contributed by atoms with Crippen LogP contribution in [-0.2, 0) is 0 Å². The molecule has 0 atom stereocenters. The predicted molar refractivity (Wildman–Crippen MR) is 241 cm³/mol. The Labute approximate surface area is 331 Å². The lowest BCUT2D eigenvalue weighted by atomic mass is 9.85. The van der Waals surface area contributed by atoms with Crippen molar-refractivity contribution in [2.75, 3.05) is 0 Å². The van der Waals surface area contributed by atoms with E-state index in [1.165, 1.54) is 82.7 Å². The lowest BCUT2D eigenvalue weighted by Crippen LogP contribution is -1.91. The third-order valence-corrected chi connectivity index (χ3v) is 11.5. The third kappa shape index (κ3) is 5.63. The van der Waals surface area contributed by atoms with E-state index in [-0.39, 0.29) is 0 Å². The van der Waals surface area contributed by atoms with Crippen molar-refractivity contribution in [1.82, 2.24) is 0 Å². The molecule has 0 aliphatic carbocycles.